The van der Waals surface area contributed by atoms with Gasteiger partial charge in [-0.25, -0.2) is 0 Å². The van der Waals surface area contributed by atoms with E-state index < -0.39 is 0 Å². The van der Waals surface area contributed by atoms with Crippen LogP contribution in [0.25, 0.3) is 11.0 Å². The Bertz CT molecular complexity index is 584. The maximum absolute atomic E-state index is 6.01. The second-order valence-corrected chi connectivity index (χ2v) is 6.48. The average molecular weight is 287 g/mol. The minimum Gasteiger partial charge on any atom is -0.459 e. The van der Waals surface area contributed by atoms with Crippen LogP contribution in [-0.2, 0) is 17.9 Å². The maximum atomic E-state index is 6.01. The Morgan fingerprint density at radius 1 is 1.29 bits per heavy atom. The Kier molecular flexibility index (Phi) is 4.61. The third kappa shape index (κ3) is 3.86. The fourth-order valence-corrected chi connectivity index (χ4v) is 2.54. The van der Waals surface area contributed by atoms with E-state index in [2.05, 4.69) is 31.3 Å². The fourth-order valence-electron chi connectivity index (χ4n) is 2.54. The van der Waals surface area contributed by atoms with Gasteiger partial charge in [0.2, 0.25) is 0 Å². The van der Waals surface area contributed by atoms with Crippen LogP contribution in [0.1, 0.15) is 38.0 Å². The van der Waals surface area contributed by atoms with Gasteiger partial charge in [0.25, 0.3) is 0 Å². The zero-order valence-electron chi connectivity index (χ0n) is 13.0. The first kappa shape index (κ1) is 14.6. The average Bonchev–Trinajstić information content (AvgIpc) is 3.21. The van der Waals surface area contributed by atoms with Crippen LogP contribution in [0.2, 0.25) is 0 Å². The summed E-state index contributed by atoms with van der Waals surface area (Å²) in [5.74, 6) is 2.46. The van der Waals surface area contributed by atoms with Crippen molar-refractivity contribution in [1.29, 1.82) is 0 Å². The molecule has 0 aliphatic heterocycles. The Labute approximate surface area is 126 Å². The molecule has 3 rings (SSSR count). The van der Waals surface area contributed by atoms with Crippen molar-refractivity contribution in [1.82, 2.24) is 5.32 Å². The lowest BCUT2D eigenvalue weighted by molar-refractivity contribution is 0.110. The highest BCUT2D eigenvalue weighted by atomic mass is 16.5. The van der Waals surface area contributed by atoms with Crippen molar-refractivity contribution in [2.45, 2.75) is 39.8 Å². The van der Waals surface area contributed by atoms with E-state index >= 15 is 0 Å². The molecular weight excluding hydrogens is 262 g/mol. The number of nitrogens with one attached hydrogen (secondary N) is 1. The molecule has 3 nitrogen and oxygen atoms in total. The van der Waals surface area contributed by atoms with E-state index in [1.165, 1.54) is 23.8 Å². The van der Waals surface area contributed by atoms with Gasteiger partial charge >= 0.3 is 0 Å². The highest BCUT2D eigenvalue weighted by Crippen LogP contribution is 2.31. The summed E-state index contributed by atoms with van der Waals surface area (Å²) < 4.78 is 11.9. The number of hydrogen-bond donors (Lipinski definition) is 1. The minimum atomic E-state index is 0.643. The van der Waals surface area contributed by atoms with Crippen molar-refractivity contribution < 1.29 is 9.15 Å². The van der Waals surface area contributed by atoms with Crippen LogP contribution >= 0.6 is 0 Å². The summed E-state index contributed by atoms with van der Waals surface area (Å²) >= 11 is 0. The highest BCUT2D eigenvalue weighted by molar-refractivity contribution is 5.82. The third-order valence-electron chi connectivity index (χ3n) is 3.92. The summed E-state index contributed by atoms with van der Waals surface area (Å²) in [6, 6.07) is 8.24. The summed E-state index contributed by atoms with van der Waals surface area (Å²) in [7, 11) is 0. The Balaban J connectivity index is 1.72. The molecule has 1 saturated carbocycles. The molecule has 0 spiro atoms. The molecule has 21 heavy (non-hydrogen) atoms. The van der Waals surface area contributed by atoms with Crippen LogP contribution in [0.5, 0.6) is 0 Å². The van der Waals surface area contributed by atoms with Crippen molar-refractivity contribution in [2.24, 2.45) is 11.8 Å². The second-order valence-electron chi connectivity index (χ2n) is 6.48. The number of para-hydroxylation sites is 1. The van der Waals surface area contributed by atoms with Crippen molar-refractivity contribution in [2.75, 3.05) is 13.2 Å². The number of fused-ring (bicyclic) bond motifs is 1. The lowest BCUT2D eigenvalue weighted by atomic mass is 10.1. The van der Waals surface area contributed by atoms with Crippen molar-refractivity contribution in [3.63, 3.8) is 0 Å². The Hall–Kier alpha value is -1.32. The van der Waals surface area contributed by atoms with E-state index in [0.29, 0.717) is 12.5 Å². The van der Waals surface area contributed by atoms with Gasteiger partial charge in [-0.05, 0) is 37.3 Å². The van der Waals surface area contributed by atoms with Gasteiger partial charge in [0.1, 0.15) is 11.3 Å². The van der Waals surface area contributed by atoms with Gasteiger partial charge in [-0.3, -0.25) is 0 Å². The molecule has 0 radical (unpaired) electrons. The van der Waals surface area contributed by atoms with Gasteiger partial charge in [0, 0.05) is 17.6 Å². The summed E-state index contributed by atoms with van der Waals surface area (Å²) in [4.78, 5) is 0. The van der Waals surface area contributed by atoms with Crippen LogP contribution < -0.4 is 5.32 Å². The molecule has 2 aromatic rings. The summed E-state index contributed by atoms with van der Waals surface area (Å²) in [5.41, 5.74) is 2.17. The van der Waals surface area contributed by atoms with Crippen molar-refractivity contribution in [3.8, 4) is 0 Å². The molecule has 0 amide bonds. The lowest BCUT2D eigenvalue weighted by Gasteiger charge is -2.08. The molecule has 1 aromatic heterocycles. The monoisotopic (exact) mass is 287 g/mol. The first-order valence-corrected chi connectivity index (χ1v) is 8.01. The van der Waals surface area contributed by atoms with Gasteiger partial charge in [-0.1, -0.05) is 32.0 Å². The molecule has 0 atom stereocenters. The first-order valence-electron chi connectivity index (χ1n) is 8.01. The van der Waals surface area contributed by atoms with Crippen molar-refractivity contribution in [3.05, 3.63) is 35.6 Å². The zero-order valence-corrected chi connectivity index (χ0v) is 13.0. The number of ether oxygens (including phenoxy) is 1. The predicted octanol–water partition coefficient (Wildman–Crippen LogP) is 4.11. The molecule has 1 N–H and O–H groups in total. The van der Waals surface area contributed by atoms with Gasteiger partial charge < -0.3 is 14.5 Å². The van der Waals surface area contributed by atoms with Crippen molar-refractivity contribution >= 4 is 11.0 Å². The van der Waals surface area contributed by atoms with E-state index in [-0.39, 0.29) is 0 Å². The van der Waals surface area contributed by atoms with Gasteiger partial charge in [-0.2, -0.15) is 0 Å². The standard InChI is InChI=1S/C18H25NO2/c1-13(2)9-19-10-18-16(12-20-11-14-7-8-14)15-5-3-4-6-17(15)21-18/h3-6,13-14,19H,7-12H2,1-2H3. The molecule has 1 aliphatic rings. The quantitative estimate of drug-likeness (QED) is 0.793. The summed E-state index contributed by atoms with van der Waals surface area (Å²) in [5, 5.41) is 4.65. The molecule has 1 heterocycles. The van der Waals surface area contributed by atoms with E-state index in [1.807, 2.05) is 12.1 Å². The van der Waals surface area contributed by atoms with Gasteiger partial charge in [0.05, 0.1) is 13.2 Å². The van der Waals surface area contributed by atoms with Crippen LogP contribution in [0.4, 0.5) is 0 Å². The molecule has 114 valence electrons. The third-order valence-corrected chi connectivity index (χ3v) is 3.92. The van der Waals surface area contributed by atoms with Crippen LogP contribution in [-0.4, -0.2) is 13.2 Å². The largest absolute Gasteiger partial charge is 0.459 e. The number of rotatable bonds is 8. The first-order chi connectivity index (χ1) is 10.2. The zero-order chi connectivity index (χ0) is 14.7. The maximum Gasteiger partial charge on any atom is 0.134 e. The summed E-state index contributed by atoms with van der Waals surface area (Å²) in [6.45, 7) is 7.75. The fraction of sp³-hybridized carbons (Fsp3) is 0.556. The second kappa shape index (κ2) is 6.63. The number of furan rings is 1. The van der Waals surface area contributed by atoms with Gasteiger partial charge in [0.15, 0.2) is 0 Å². The lowest BCUT2D eigenvalue weighted by Crippen LogP contribution is -2.19. The number of hydrogen-bond acceptors (Lipinski definition) is 3. The molecular formula is C18H25NO2. The topological polar surface area (TPSA) is 34.4 Å². The Morgan fingerprint density at radius 3 is 2.86 bits per heavy atom. The molecule has 0 saturated heterocycles. The summed E-state index contributed by atoms with van der Waals surface area (Å²) in [6.07, 6.45) is 2.66. The minimum absolute atomic E-state index is 0.643. The molecule has 0 unspecified atom stereocenters. The van der Waals surface area contributed by atoms with E-state index in [1.54, 1.807) is 0 Å². The van der Waals surface area contributed by atoms with Gasteiger partial charge in [-0.15, -0.1) is 0 Å². The van der Waals surface area contributed by atoms with E-state index in [9.17, 15) is 0 Å². The van der Waals surface area contributed by atoms with E-state index in [4.69, 9.17) is 9.15 Å². The highest BCUT2D eigenvalue weighted by Gasteiger charge is 2.22. The van der Waals surface area contributed by atoms with E-state index in [0.717, 1.165) is 37.0 Å². The normalized spacial score (nSPS) is 15.2. The van der Waals surface area contributed by atoms with Crippen LogP contribution in [0.3, 0.4) is 0 Å². The van der Waals surface area contributed by atoms with Crippen LogP contribution in [0, 0.1) is 11.8 Å². The Morgan fingerprint density at radius 2 is 2.10 bits per heavy atom. The molecule has 0 bridgehead atoms. The predicted molar refractivity (Wildman–Crippen MR) is 85.1 cm³/mol. The smallest absolute Gasteiger partial charge is 0.134 e. The molecule has 1 aromatic carbocycles. The molecule has 1 aliphatic carbocycles. The molecule has 3 heteroatoms. The SMILES string of the molecule is CC(C)CNCc1oc2ccccc2c1COCC1CC1. The van der Waals surface area contributed by atoms with Crippen LogP contribution in [0.15, 0.2) is 28.7 Å². The molecule has 1 fully saturated rings. The number of benzene rings is 1.